The zero-order chi connectivity index (χ0) is 13.7. The number of urea groups is 1. The highest BCUT2D eigenvalue weighted by Gasteiger charge is 2.56. The van der Waals surface area contributed by atoms with Crippen LogP contribution in [0.4, 0.5) is 4.79 Å². The first-order chi connectivity index (χ1) is 9.75. The Bertz CT molecular complexity index is 557. The number of imide groups is 1. The number of nitrogens with zero attached hydrogens (tertiary/aromatic N) is 2. The van der Waals surface area contributed by atoms with Gasteiger partial charge in [-0.2, -0.15) is 0 Å². The standard InChI is InChI=1S/C16H18N2O2/c19-15-14-13-8-4-7-12(13)10-17(14)16(20)18(15)9-11-5-2-1-3-6-11/h1-3,5-6,12-14H,4,7-10H2. The SMILES string of the molecule is O=C1C2C3CCCC3CN2C(=O)N1Cc1ccccc1. The molecule has 0 spiro atoms. The van der Waals surface area contributed by atoms with Crippen molar-refractivity contribution in [2.45, 2.75) is 31.8 Å². The van der Waals surface area contributed by atoms with Gasteiger partial charge in [0, 0.05) is 6.54 Å². The van der Waals surface area contributed by atoms with Crippen LogP contribution in [-0.4, -0.2) is 34.3 Å². The molecular formula is C16H18N2O2. The fourth-order valence-corrected chi connectivity index (χ4v) is 4.14. The van der Waals surface area contributed by atoms with Gasteiger partial charge in [-0.05, 0) is 30.2 Å². The number of rotatable bonds is 2. The first kappa shape index (κ1) is 11.9. The van der Waals surface area contributed by atoms with E-state index in [0.717, 1.165) is 18.5 Å². The molecule has 2 saturated heterocycles. The Morgan fingerprint density at radius 2 is 1.90 bits per heavy atom. The third-order valence-electron chi connectivity index (χ3n) is 5.07. The summed E-state index contributed by atoms with van der Waals surface area (Å²) in [7, 11) is 0. The molecule has 3 fully saturated rings. The molecule has 2 aliphatic heterocycles. The number of benzene rings is 1. The van der Waals surface area contributed by atoms with Crippen LogP contribution in [-0.2, 0) is 11.3 Å². The largest absolute Gasteiger partial charge is 0.327 e. The Balaban J connectivity index is 1.58. The van der Waals surface area contributed by atoms with Gasteiger partial charge < -0.3 is 4.90 Å². The van der Waals surface area contributed by atoms with Gasteiger partial charge in [0.25, 0.3) is 5.91 Å². The first-order valence-electron chi connectivity index (χ1n) is 7.41. The third kappa shape index (κ3) is 1.60. The van der Waals surface area contributed by atoms with Gasteiger partial charge >= 0.3 is 6.03 Å². The molecule has 0 bridgehead atoms. The van der Waals surface area contributed by atoms with E-state index < -0.39 is 0 Å². The van der Waals surface area contributed by atoms with E-state index >= 15 is 0 Å². The monoisotopic (exact) mass is 270 g/mol. The highest BCUT2D eigenvalue weighted by Crippen LogP contribution is 2.45. The van der Waals surface area contributed by atoms with Gasteiger partial charge in [0.15, 0.2) is 0 Å². The predicted octanol–water partition coefficient (Wildman–Crippen LogP) is 2.25. The summed E-state index contributed by atoms with van der Waals surface area (Å²) in [6.45, 7) is 1.19. The maximum Gasteiger partial charge on any atom is 0.327 e. The van der Waals surface area contributed by atoms with Gasteiger partial charge in [0.05, 0.1) is 6.54 Å². The van der Waals surface area contributed by atoms with Crippen molar-refractivity contribution in [3.8, 4) is 0 Å². The Morgan fingerprint density at radius 1 is 1.10 bits per heavy atom. The summed E-state index contributed by atoms with van der Waals surface area (Å²) in [5.41, 5.74) is 1.01. The maximum atomic E-state index is 12.6. The molecule has 20 heavy (non-hydrogen) atoms. The summed E-state index contributed by atoms with van der Waals surface area (Å²) < 4.78 is 0. The summed E-state index contributed by atoms with van der Waals surface area (Å²) in [6, 6.07) is 9.49. The topological polar surface area (TPSA) is 40.6 Å². The minimum absolute atomic E-state index is 0.0215. The molecule has 3 unspecified atom stereocenters. The number of fused-ring (bicyclic) bond motifs is 3. The van der Waals surface area contributed by atoms with E-state index in [1.54, 1.807) is 0 Å². The van der Waals surface area contributed by atoms with Gasteiger partial charge in [-0.25, -0.2) is 4.79 Å². The van der Waals surface area contributed by atoms with Gasteiger partial charge in [0.1, 0.15) is 6.04 Å². The molecule has 3 atom stereocenters. The third-order valence-corrected chi connectivity index (χ3v) is 5.07. The average molecular weight is 270 g/mol. The molecule has 104 valence electrons. The fraction of sp³-hybridized carbons (Fsp3) is 0.500. The Labute approximate surface area is 118 Å². The fourth-order valence-electron chi connectivity index (χ4n) is 4.14. The van der Waals surface area contributed by atoms with E-state index in [4.69, 9.17) is 0 Å². The van der Waals surface area contributed by atoms with Gasteiger partial charge in [-0.3, -0.25) is 9.69 Å². The molecule has 3 aliphatic rings. The van der Waals surface area contributed by atoms with E-state index in [0.29, 0.717) is 18.4 Å². The lowest BCUT2D eigenvalue weighted by Crippen LogP contribution is -2.34. The molecule has 0 radical (unpaired) electrons. The van der Waals surface area contributed by atoms with Gasteiger partial charge in [-0.1, -0.05) is 36.8 Å². The molecule has 0 N–H and O–H groups in total. The molecule has 4 nitrogen and oxygen atoms in total. The summed E-state index contributed by atoms with van der Waals surface area (Å²) in [4.78, 5) is 28.3. The van der Waals surface area contributed by atoms with Crippen LogP contribution in [0.1, 0.15) is 24.8 Å². The van der Waals surface area contributed by atoms with Crippen LogP contribution in [0.15, 0.2) is 30.3 Å². The van der Waals surface area contributed by atoms with Crippen molar-refractivity contribution in [2.75, 3.05) is 6.54 Å². The lowest BCUT2D eigenvalue weighted by Gasteiger charge is -2.17. The minimum Gasteiger partial charge on any atom is -0.312 e. The van der Waals surface area contributed by atoms with E-state index in [9.17, 15) is 9.59 Å². The van der Waals surface area contributed by atoms with Crippen molar-refractivity contribution >= 4 is 11.9 Å². The zero-order valence-corrected chi connectivity index (χ0v) is 11.4. The summed E-state index contributed by atoms with van der Waals surface area (Å²) in [6.07, 6.45) is 3.49. The number of carbonyl (C=O) groups excluding carboxylic acids is 2. The Hall–Kier alpha value is -1.84. The molecule has 4 heteroatoms. The summed E-state index contributed by atoms with van der Waals surface area (Å²) in [5.74, 6) is 0.993. The minimum atomic E-state index is -0.168. The predicted molar refractivity (Wildman–Crippen MR) is 73.7 cm³/mol. The quantitative estimate of drug-likeness (QED) is 0.773. The average Bonchev–Trinajstić information content (AvgIpc) is 3.09. The highest BCUT2D eigenvalue weighted by atomic mass is 16.2. The number of hydrogen-bond donors (Lipinski definition) is 0. The van der Waals surface area contributed by atoms with Crippen LogP contribution in [0.3, 0.4) is 0 Å². The normalized spacial score (nSPS) is 31.9. The van der Waals surface area contributed by atoms with Crippen molar-refractivity contribution in [1.29, 1.82) is 0 Å². The van der Waals surface area contributed by atoms with Crippen molar-refractivity contribution in [2.24, 2.45) is 11.8 Å². The van der Waals surface area contributed by atoms with E-state index in [-0.39, 0.29) is 18.0 Å². The first-order valence-corrected chi connectivity index (χ1v) is 7.41. The van der Waals surface area contributed by atoms with Crippen molar-refractivity contribution < 1.29 is 9.59 Å². The molecule has 0 aromatic heterocycles. The van der Waals surface area contributed by atoms with Crippen LogP contribution in [0.2, 0.25) is 0 Å². The lowest BCUT2D eigenvalue weighted by atomic mass is 9.93. The van der Waals surface area contributed by atoms with E-state index in [1.807, 2.05) is 35.2 Å². The molecule has 1 aromatic rings. The highest BCUT2D eigenvalue weighted by molar-refractivity contribution is 6.04. The lowest BCUT2D eigenvalue weighted by molar-refractivity contribution is -0.129. The summed E-state index contributed by atoms with van der Waals surface area (Å²) >= 11 is 0. The Morgan fingerprint density at radius 3 is 2.70 bits per heavy atom. The molecule has 1 aromatic carbocycles. The smallest absolute Gasteiger partial charge is 0.312 e. The van der Waals surface area contributed by atoms with E-state index in [1.165, 1.54) is 17.7 Å². The second-order valence-electron chi connectivity index (χ2n) is 6.14. The second kappa shape index (κ2) is 4.33. The van der Waals surface area contributed by atoms with Crippen molar-refractivity contribution in [3.05, 3.63) is 35.9 Å². The van der Waals surface area contributed by atoms with Crippen LogP contribution in [0.25, 0.3) is 0 Å². The molecular weight excluding hydrogens is 252 g/mol. The van der Waals surface area contributed by atoms with Crippen LogP contribution >= 0.6 is 0 Å². The van der Waals surface area contributed by atoms with Crippen LogP contribution < -0.4 is 0 Å². The van der Waals surface area contributed by atoms with Crippen molar-refractivity contribution in [3.63, 3.8) is 0 Å². The number of amides is 3. The second-order valence-corrected chi connectivity index (χ2v) is 6.14. The van der Waals surface area contributed by atoms with Crippen molar-refractivity contribution in [1.82, 2.24) is 9.80 Å². The number of hydrogen-bond acceptors (Lipinski definition) is 2. The van der Waals surface area contributed by atoms with Crippen LogP contribution in [0, 0.1) is 11.8 Å². The Kier molecular flexibility index (Phi) is 2.59. The maximum absolute atomic E-state index is 12.6. The van der Waals surface area contributed by atoms with Gasteiger partial charge in [0.2, 0.25) is 0 Å². The van der Waals surface area contributed by atoms with E-state index in [2.05, 4.69) is 0 Å². The molecule has 1 saturated carbocycles. The molecule has 1 aliphatic carbocycles. The molecule has 2 heterocycles. The van der Waals surface area contributed by atoms with Gasteiger partial charge in [-0.15, -0.1) is 0 Å². The molecule has 3 amide bonds. The van der Waals surface area contributed by atoms with Crippen LogP contribution in [0.5, 0.6) is 0 Å². The zero-order valence-electron chi connectivity index (χ0n) is 11.4. The summed E-state index contributed by atoms with van der Waals surface area (Å²) in [5, 5.41) is 0. The molecule has 4 rings (SSSR count). The number of carbonyl (C=O) groups is 2.